The third-order valence-corrected chi connectivity index (χ3v) is 17.5. The lowest BCUT2D eigenvalue weighted by molar-refractivity contribution is -0.144. The summed E-state index contributed by atoms with van der Waals surface area (Å²) in [5, 5.41) is 12.6. The van der Waals surface area contributed by atoms with Gasteiger partial charge in [-0.25, -0.2) is 0 Å². The Morgan fingerprint density at radius 1 is 0.719 bits per heavy atom. The second kappa shape index (κ2) is 23.9. The van der Waals surface area contributed by atoms with Crippen LogP contribution in [0.25, 0.3) is 0 Å². The summed E-state index contributed by atoms with van der Waals surface area (Å²) in [7, 11) is -6.45. The van der Waals surface area contributed by atoms with Gasteiger partial charge in [-0.2, -0.15) is 0 Å². The molecule has 0 aliphatic heterocycles. The van der Waals surface area contributed by atoms with Gasteiger partial charge in [-0.3, -0.25) is 4.79 Å². The molecule has 4 atom stereocenters. The number of hydrogen-bond acceptors (Lipinski definition) is 8. The predicted molar refractivity (Wildman–Crippen MR) is 241 cm³/mol. The van der Waals surface area contributed by atoms with Crippen molar-refractivity contribution < 1.29 is 37.7 Å². The zero-order valence-corrected chi connectivity index (χ0v) is 39.3. The Morgan fingerprint density at radius 2 is 1.28 bits per heavy atom. The van der Waals surface area contributed by atoms with Gasteiger partial charge < -0.3 is 32.9 Å². The standard InChI is InChI=1S/C46H72O8Si3/c1-11-21-39(47)30-40(48)31-41(53-56(8,9)10)32-42(54-57(46(2,3)4,44-24-17-13-18-25-44)45-26-19-14-20-27-45)33-43(35-51-36-49-28-29-55(5,6)7)52-37-50-34-38-22-15-12-16-23-38/h11-20,22-27,39,41-43,47H,1,21,28-37H2,2-10H3/t39-,41+,42+,43+/m0/s1. The molecule has 0 aromatic heterocycles. The molecule has 8 nitrogen and oxygen atoms in total. The second-order valence-electron chi connectivity index (χ2n) is 18.3. The minimum absolute atomic E-state index is 0.0438. The molecular formula is C46H72O8Si3. The van der Waals surface area contributed by atoms with Crippen LogP contribution in [0, 0.1) is 0 Å². The number of ketones is 1. The Morgan fingerprint density at radius 3 is 1.81 bits per heavy atom. The molecule has 0 radical (unpaired) electrons. The highest BCUT2D eigenvalue weighted by Crippen LogP contribution is 2.39. The van der Waals surface area contributed by atoms with Crippen molar-refractivity contribution in [2.24, 2.45) is 0 Å². The van der Waals surface area contributed by atoms with Gasteiger partial charge in [0.05, 0.1) is 37.6 Å². The first-order valence-corrected chi connectivity index (χ1v) is 29.6. The van der Waals surface area contributed by atoms with Crippen molar-refractivity contribution in [2.45, 2.75) is 134 Å². The lowest BCUT2D eigenvalue weighted by Gasteiger charge is -2.46. The van der Waals surface area contributed by atoms with Crippen LogP contribution in [0.4, 0.5) is 0 Å². The first kappa shape index (κ1) is 48.8. The second-order valence-corrected chi connectivity index (χ2v) is 32.6. The minimum atomic E-state index is -3.06. The highest BCUT2D eigenvalue weighted by molar-refractivity contribution is 6.99. The Kier molecular flexibility index (Phi) is 20.5. The fourth-order valence-corrected chi connectivity index (χ4v) is 13.7. The summed E-state index contributed by atoms with van der Waals surface area (Å²) in [6.45, 7) is 25.5. The first-order valence-electron chi connectivity index (χ1n) is 20.6. The van der Waals surface area contributed by atoms with Gasteiger partial charge >= 0.3 is 0 Å². The van der Waals surface area contributed by atoms with E-state index < -0.39 is 49.1 Å². The van der Waals surface area contributed by atoms with Crippen molar-refractivity contribution in [1.29, 1.82) is 0 Å². The Labute approximate surface area is 347 Å². The van der Waals surface area contributed by atoms with Crippen LogP contribution in [0.5, 0.6) is 0 Å². The maximum Gasteiger partial charge on any atom is 0.261 e. The van der Waals surface area contributed by atoms with Crippen LogP contribution in [0.3, 0.4) is 0 Å². The van der Waals surface area contributed by atoms with Gasteiger partial charge in [0, 0.05) is 33.9 Å². The largest absolute Gasteiger partial charge is 0.414 e. The SMILES string of the molecule is C=CC[C@H](O)CC(=O)C[C@H](C[C@H](C[C@H](COCOCC[Si](C)(C)C)OCOCc1ccccc1)O[Si](c1ccccc1)(c1ccccc1)C(C)(C)C)O[Si](C)(C)C. The Hall–Kier alpha value is -2.56. The van der Waals surface area contributed by atoms with E-state index in [1.54, 1.807) is 6.08 Å². The lowest BCUT2D eigenvalue weighted by Crippen LogP contribution is -2.68. The monoisotopic (exact) mass is 836 g/mol. The number of carbonyl (C=O) groups is 1. The van der Waals surface area contributed by atoms with Gasteiger partial charge in [0.25, 0.3) is 8.32 Å². The normalized spacial score (nSPS) is 14.8. The van der Waals surface area contributed by atoms with E-state index in [0.717, 1.165) is 22.0 Å². The number of aliphatic hydroxyl groups is 1. The van der Waals surface area contributed by atoms with Crippen LogP contribution >= 0.6 is 0 Å². The first-order chi connectivity index (χ1) is 26.9. The number of carbonyl (C=O) groups excluding carboxylic acids is 1. The summed E-state index contributed by atoms with van der Waals surface area (Å²) in [6.07, 6.45) is 1.13. The van der Waals surface area contributed by atoms with E-state index in [9.17, 15) is 9.90 Å². The molecule has 1 N–H and O–H groups in total. The van der Waals surface area contributed by atoms with E-state index in [-0.39, 0.29) is 43.9 Å². The van der Waals surface area contributed by atoms with Crippen molar-refractivity contribution in [3.63, 3.8) is 0 Å². The van der Waals surface area contributed by atoms with Gasteiger partial charge in [-0.05, 0) is 59.5 Å². The summed E-state index contributed by atoms with van der Waals surface area (Å²) >= 11 is 0. The molecule has 11 heteroatoms. The van der Waals surface area contributed by atoms with E-state index >= 15 is 0 Å². The van der Waals surface area contributed by atoms with E-state index in [1.165, 1.54) is 0 Å². The summed E-state index contributed by atoms with van der Waals surface area (Å²) in [5.41, 5.74) is 1.06. The molecule has 0 amide bonds. The van der Waals surface area contributed by atoms with E-state index in [1.807, 2.05) is 42.5 Å². The molecule has 0 fully saturated rings. The molecule has 0 spiro atoms. The number of hydrogen-bond donors (Lipinski definition) is 1. The fraction of sp³-hybridized carbons (Fsp3) is 0.543. The van der Waals surface area contributed by atoms with Gasteiger partial charge in [0.2, 0.25) is 0 Å². The topological polar surface area (TPSA) is 92.7 Å². The minimum Gasteiger partial charge on any atom is -0.414 e. The molecule has 0 heterocycles. The third kappa shape index (κ3) is 18.1. The summed E-state index contributed by atoms with van der Waals surface area (Å²) in [5.74, 6) is -0.0438. The quantitative estimate of drug-likeness (QED) is 0.0336. The molecule has 0 saturated carbocycles. The molecule has 57 heavy (non-hydrogen) atoms. The maximum absolute atomic E-state index is 13.5. The van der Waals surface area contributed by atoms with Gasteiger partial charge in [-0.15, -0.1) is 6.58 Å². The molecule has 0 aliphatic rings. The molecule has 0 bridgehead atoms. The van der Waals surface area contributed by atoms with Crippen LogP contribution in [0.15, 0.2) is 104 Å². The zero-order chi connectivity index (χ0) is 42.0. The van der Waals surface area contributed by atoms with Crippen molar-refractivity contribution >= 4 is 40.9 Å². The average Bonchev–Trinajstić information content (AvgIpc) is 3.13. The molecule has 0 aliphatic carbocycles. The van der Waals surface area contributed by atoms with Crippen LogP contribution in [0.2, 0.25) is 50.4 Å². The molecule has 0 saturated heterocycles. The molecular weight excluding hydrogens is 765 g/mol. The van der Waals surface area contributed by atoms with Gasteiger partial charge in [-0.1, -0.05) is 137 Å². The van der Waals surface area contributed by atoms with Crippen molar-refractivity contribution in [3.8, 4) is 0 Å². The Bertz CT molecular complexity index is 1520. The summed E-state index contributed by atoms with van der Waals surface area (Å²) < 4.78 is 39.2. The number of aliphatic hydroxyl groups excluding tert-OH is 1. The highest BCUT2D eigenvalue weighted by Gasteiger charge is 2.52. The summed E-state index contributed by atoms with van der Waals surface area (Å²) in [6, 6.07) is 32.3. The van der Waals surface area contributed by atoms with E-state index in [4.69, 9.17) is 27.8 Å². The van der Waals surface area contributed by atoms with Crippen LogP contribution < -0.4 is 10.4 Å². The zero-order valence-electron chi connectivity index (χ0n) is 36.3. The number of ether oxygens (including phenoxy) is 4. The molecule has 3 rings (SSSR count). The maximum atomic E-state index is 13.5. The smallest absolute Gasteiger partial charge is 0.261 e. The van der Waals surface area contributed by atoms with Crippen molar-refractivity contribution in [2.75, 3.05) is 26.8 Å². The number of rotatable bonds is 28. The number of benzene rings is 3. The van der Waals surface area contributed by atoms with E-state index in [2.05, 4.69) is 115 Å². The van der Waals surface area contributed by atoms with Crippen LogP contribution in [-0.2, 0) is 39.2 Å². The predicted octanol–water partition coefficient (Wildman–Crippen LogP) is 9.11. The lowest BCUT2D eigenvalue weighted by atomic mass is 9.99. The van der Waals surface area contributed by atoms with Crippen molar-refractivity contribution in [1.82, 2.24) is 0 Å². The van der Waals surface area contributed by atoms with E-state index in [0.29, 0.717) is 32.5 Å². The highest BCUT2D eigenvalue weighted by atomic mass is 28.4. The third-order valence-electron chi connectivity index (χ3n) is 9.65. The fourth-order valence-electron chi connectivity index (χ4n) is 7.01. The van der Waals surface area contributed by atoms with Crippen LogP contribution in [-0.4, -0.2) is 86.8 Å². The van der Waals surface area contributed by atoms with Crippen molar-refractivity contribution in [3.05, 3.63) is 109 Å². The Balaban J connectivity index is 2.04. The van der Waals surface area contributed by atoms with Gasteiger partial charge in [0.1, 0.15) is 19.4 Å². The molecule has 316 valence electrons. The molecule has 0 unspecified atom stereocenters. The number of Topliss-reactive ketones (excluding diaryl/α,β-unsaturated/α-hetero) is 1. The molecule has 3 aromatic rings. The van der Waals surface area contributed by atoms with Crippen LogP contribution in [0.1, 0.15) is 58.4 Å². The average molecular weight is 837 g/mol. The summed E-state index contributed by atoms with van der Waals surface area (Å²) in [4.78, 5) is 13.5. The van der Waals surface area contributed by atoms with Gasteiger partial charge in [0.15, 0.2) is 8.32 Å². The molecule has 3 aromatic carbocycles.